The van der Waals surface area contributed by atoms with Gasteiger partial charge in [0.05, 0.1) is 0 Å². The van der Waals surface area contributed by atoms with E-state index in [0.29, 0.717) is 5.39 Å². The topological polar surface area (TPSA) is 54.4 Å². The quantitative estimate of drug-likeness (QED) is 0.866. The molecule has 18 heavy (non-hydrogen) atoms. The second-order valence-electron chi connectivity index (χ2n) is 4.29. The Bertz CT molecular complexity index is 687. The van der Waals surface area contributed by atoms with Gasteiger partial charge in [0.2, 0.25) is 0 Å². The van der Waals surface area contributed by atoms with Crippen LogP contribution < -0.4 is 0 Å². The van der Waals surface area contributed by atoms with E-state index in [1.54, 1.807) is 6.07 Å². The second-order valence-corrected chi connectivity index (χ2v) is 5.68. The SMILES string of the molecule is CCc1cc(CC)c2cccc(S(=O)(=O)O)c2c1. The molecule has 2 rings (SSSR count). The zero-order valence-electron chi connectivity index (χ0n) is 10.5. The maximum absolute atomic E-state index is 11.4. The van der Waals surface area contributed by atoms with Gasteiger partial charge in [-0.2, -0.15) is 8.42 Å². The molecule has 2 aromatic rings. The molecule has 0 aliphatic heterocycles. The summed E-state index contributed by atoms with van der Waals surface area (Å²) < 4.78 is 32.1. The molecule has 0 aliphatic rings. The van der Waals surface area contributed by atoms with Crippen LogP contribution in [0.1, 0.15) is 25.0 Å². The molecule has 0 aromatic heterocycles. The Labute approximate surface area is 107 Å². The third-order valence-electron chi connectivity index (χ3n) is 3.17. The molecular formula is C14H16O3S. The van der Waals surface area contributed by atoms with Gasteiger partial charge in [0.15, 0.2) is 0 Å². The van der Waals surface area contributed by atoms with Gasteiger partial charge in [-0.3, -0.25) is 4.55 Å². The van der Waals surface area contributed by atoms with Crippen LogP contribution in [0.5, 0.6) is 0 Å². The monoisotopic (exact) mass is 264 g/mol. The lowest BCUT2D eigenvalue weighted by molar-refractivity contribution is 0.484. The van der Waals surface area contributed by atoms with Crippen LogP contribution in [0, 0.1) is 0 Å². The number of aryl methyl sites for hydroxylation is 2. The van der Waals surface area contributed by atoms with Gasteiger partial charge in [0.1, 0.15) is 4.90 Å². The lowest BCUT2D eigenvalue weighted by atomic mass is 9.98. The van der Waals surface area contributed by atoms with Crippen molar-refractivity contribution in [3.05, 3.63) is 41.5 Å². The highest BCUT2D eigenvalue weighted by atomic mass is 32.2. The van der Waals surface area contributed by atoms with E-state index >= 15 is 0 Å². The van der Waals surface area contributed by atoms with E-state index in [9.17, 15) is 13.0 Å². The van der Waals surface area contributed by atoms with Crippen molar-refractivity contribution < 1.29 is 13.0 Å². The van der Waals surface area contributed by atoms with Crippen molar-refractivity contribution in [2.75, 3.05) is 0 Å². The second kappa shape index (κ2) is 4.71. The summed E-state index contributed by atoms with van der Waals surface area (Å²) in [6.45, 7) is 4.06. The molecule has 0 saturated heterocycles. The Morgan fingerprint density at radius 3 is 2.33 bits per heavy atom. The largest absolute Gasteiger partial charge is 0.295 e. The summed E-state index contributed by atoms with van der Waals surface area (Å²) in [5.41, 5.74) is 2.19. The first-order valence-electron chi connectivity index (χ1n) is 5.99. The summed E-state index contributed by atoms with van der Waals surface area (Å²) in [6, 6.07) is 8.93. The van der Waals surface area contributed by atoms with E-state index < -0.39 is 10.1 Å². The third-order valence-corrected chi connectivity index (χ3v) is 4.08. The van der Waals surface area contributed by atoms with Gasteiger partial charge in [0.25, 0.3) is 10.1 Å². The maximum atomic E-state index is 11.4. The predicted molar refractivity (Wildman–Crippen MR) is 72.5 cm³/mol. The molecule has 1 N–H and O–H groups in total. The Morgan fingerprint density at radius 2 is 1.78 bits per heavy atom. The smallest absolute Gasteiger partial charge is 0.282 e. The van der Waals surface area contributed by atoms with Crippen molar-refractivity contribution in [1.29, 1.82) is 0 Å². The first-order chi connectivity index (χ1) is 8.47. The molecule has 96 valence electrons. The summed E-state index contributed by atoms with van der Waals surface area (Å²) in [5, 5.41) is 1.50. The van der Waals surface area contributed by atoms with Gasteiger partial charge < -0.3 is 0 Å². The van der Waals surface area contributed by atoms with Crippen LogP contribution in [-0.4, -0.2) is 13.0 Å². The molecule has 0 amide bonds. The molecule has 0 atom stereocenters. The van der Waals surface area contributed by atoms with Crippen LogP contribution in [0.3, 0.4) is 0 Å². The molecule has 0 heterocycles. The zero-order chi connectivity index (χ0) is 13.3. The van der Waals surface area contributed by atoms with Gasteiger partial charge in [0, 0.05) is 5.39 Å². The van der Waals surface area contributed by atoms with Gasteiger partial charge in [-0.05, 0) is 41.5 Å². The minimum atomic E-state index is -4.18. The van der Waals surface area contributed by atoms with Gasteiger partial charge in [-0.1, -0.05) is 32.0 Å². The average molecular weight is 264 g/mol. The van der Waals surface area contributed by atoms with E-state index in [-0.39, 0.29) is 4.90 Å². The minimum absolute atomic E-state index is 0.00926. The Morgan fingerprint density at radius 1 is 1.06 bits per heavy atom. The Hall–Kier alpha value is -1.39. The fourth-order valence-electron chi connectivity index (χ4n) is 2.22. The summed E-state index contributed by atoms with van der Waals surface area (Å²) in [7, 11) is -4.18. The van der Waals surface area contributed by atoms with Crippen molar-refractivity contribution in [2.24, 2.45) is 0 Å². The van der Waals surface area contributed by atoms with Gasteiger partial charge in [-0.15, -0.1) is 0 Å². The van der Waals surface area contributed by atoms with Gasteiger partial charge >= 0.3 is 0 Å². The number of fused-ring (bicyclic) bond motifs is 1. The zero-order valence-corrected chi connectivity index (χ0v) is 11.3. The van der Waals surface area contributed by atoms with E-state index in [4.69, 9.17) is 0 Å². The van der Waals surface area contributed by atoms with Crippen molar-refractivity contribution in [3.63, 3.8) is 0 Å². The fourth-order valence-corrected chi connectivity index (χ4v) is 2.92. The lowest BCUT2D eigenvalue weighted by Gasteiger charge is -2.10. The molecule has 2 aromatic carbocycles. The molecule has 0 fully saturated rings. The number of hydrogen-bond acceptors (Lipinski definition) is 2. The molecule has 0 bridgehead atoms. The summed E-state index contributed by atoms with van der Waals surface area (Å²) in [4.78, 5) is -0.00926. The summed E-state index contributed by atoms with van der Waals surface area (Å²) in [5.74, 6) is 0. The molecule has 0 unspecified atom stereocenters. The van der Waals surface area contributed by atoms with E-state index in [2.05, 4.69) is 6.07 Å². The molecule has 3 nitrogen and oxygen atoms in total. The highest BCUT2D eigenvalue weighted by molar-refractivity contribution is 7.86. The summed E-state index contributed by atoms with van der Waals surface area (Å²) >= 11 is 0. The van der Waals surface area contributed by atoms with Crippen molar-refractivity contribution in [3.8, 4) is 0 Å². The summed E-state index contributed by atoms with van der Waals surface area (Å²) in [6.07, 6.45) is 1.67. The maximum Gasteiger partial charge on any atom is 0.295 e. The molecule has 0 saturated carbocycles. The van der Waals surface area contributed by atoms with Crippen LogP contribution >= 0.6 is 0 Å². The minimum Gasteiger partial charge on any atom is -0.282 e. The van der Waals surface area contributed by atoms with Crippen LogP contribution in [0.25, 0.3) is 10.8 Å². The Balaban J connectivity index is 2.92. The van der Waals surface area contributed by atoms with Crippen LogP contribution in [0.15, 0.2) is 35.2 Å². The molecule has 0 radical (unpaired) electrons. The van der Waals surface area contributed by atoms with Crippen molar-refractivity contribution in [1.82, 2.24) is 0 Å². The first kappa shape index (κ1) is 13.1. The van der Waals surface area contributed by atoms with E-state index in [1.807, 2.05) is 26.0 Å². The normalized spacial score (nSPS) is 11.9. The fraction of sp³-hybridized carbons (Fsp3) is 0.286. The van der Waals surface area contributed by atoms with Gasteiger partial charge in [-0.25, -0.2) is 0 Å². The van der Waals surface area contributed by atoms with Crippen molar-refractivity contribution in [2.45, 2.75) is 31.6 Å². The molecule has 0 aliphatic carbocycles. The van der Waals surface area contributed by atoms with Crippen LogP contribution in [0.4, 0.5) is 0 Å². The van der Waals surface area contributed by atoms with Crippen LogP contribution in [0.2, 0.25) is 0 Å². The number of benzene rings is 2. The molecular weight excluding hydrogens is 248 g/mol. The van der Waals surface area contributed by atoms with E-state index in [1.165, 1.54) is 6.07 Å². The van der Waals surface area contributed by atoms with Crippen LogP contribution in [-0.2, 0) is 23.0 Å². The highest BCUT2D eigenvalue weighted by Crippen LogP contribution is 2.28. The highest BCUT2D eigenvalue weighted by Gasteiger charge is 2.15. The number of rotatable bonds is 3. The molecule has 0 spiro atoms. The van der Waals surface area contributed by atoms with E-state index in [0.717, 1.165) is 29.4 Å². The average Bonchev–Trinajstić information content (AvgIpc) is 2.35. The standard InChI is InChI=1S/C14H16O3S/c1-3-10-8-11(4-2)12-6-5-7-14(13(12)9-10)18(15,16)17/h5-9H,3-4H2,1-2H3,(H,15,16,17). The third kappa shape index (κ3) is 2.26. The molecule has 4 heteroatoms. The van der Waals surface area contributed by atoms with Crippen molar-refractivity contribution >= 4 is 20.9 Å². The number of hydrogen-bond donors (Lipinski definition) is 1. The Kier molecular flexibility index (Phi) is 3.41. The first-order valence-corrected chi connectivity index (χ1v) is 7.43. The lowest BCUT2D eigenvalue weighted by Crippen LogP contribution is -2.00. The predicted octanol–water partition coefficient (Wildman–Crippen LogP) is 3.21.